The van der Waals surface area contributed by atoms with Gasteiger partial charge < -0.3 is 10.2 Å². The molecule has 0 bridgehead atoms. The van der Waals surface area contributed by atoms with Gasteiger partial charge in [0.15, 0.2) is 0 Å². The van der Waals surface area contributed by atoms with Gasteiger partial charge in [-0.15, -0.1) is 0 Å². The molecular formula is C15H21ClN2O. The number of rotatable bonds is 1. The van der Waals surface area contributed by atoms with Gasteiger partial charge in [-0.25, -0.2) is 4.79 Å². The fraction of sp³-hybridized carbons (Fsp3) is 0.533. The molecule has 1 saturated heterocycles. The Balaban J connectivity index is 2.06. The van der Waals surface area contributed by atoms with Crippen LogP contribution in [-0.2, 0) is 0 Å². The van der Waals surface area contributed by atoms with E-state index in [0.717, 1.165) is 24.3 Å². The lowest BCUT2D eigenvalue weighted by atomic mass is 9.92. The summed E-state index contributed by atoms with van der Waals surface area (Å²) in [6.07, 6.45) is 1.19. The van der Waals surface area contributed by atoms with Crippen molar-refractivity contribution in [2.24, 2.45) is 11.8 Å². The highest BCUT2D eigenvalue weighted by molar-refractivity contribution is 6.31. The van der Waals surface area contributed by atoms with Crippen molar-refractivity contribution in [3.05, 3.63) is 28.8 Å². The summed E-state index contributed by atoms with van der Waals surface area (Å²) in [4.78, 5) is 14.2. The molecule has 1 heterocycles. The average molecular weight is 281 g/mol. The monoisotopic (exact) mass is 280 g/mol. The van der Waals surface area contributed by atoms with Gasteiger partial charge in [0.25, 0.3) is 0 Å². The normalized spacial score (nSPS) is 23.3. The first kappa shape index (κ1) is 14.2. The lowest BCUT2D eigenvalue weighted by molar-refractivity contribution is 0.156. The van der Waals surface area contributed by atoms with Gasteiger partial charge in [0.2, 0.25) is 0 Å². The second-order valence-corrected chi connectivity index (χ2v) is 6.10. The molecule has 1 aliphatic rings. The predicted octanol–water partition coefficient (Wildman–Crippen LogP) is 4.16. The van der Waals surface area contributed by atoms with Crippen LogP contribution in [0.1, 0.15) is 25.8 Å². The summed E-state index contributed by atoms with van der Waals surface area (Å²) in [6.45, 7) is 7.96. The van der Waals surface area contributed by atoms with Crippen molar-refractivity contribution in [3.63, 3.8) is 0 Å². The predicted molar refractivity (Wildman–Crippen MR) is 79.7 cm³/mol. The summed E-state index contributed by atoms with van der Waals surface area (Å²) in [6, 6.07) is 5.55. The number of hydrogen-bond donors (Lipinski definition) is 1. The van der Waals surface area contributed by atoms with Crippen molar-refractivity contribution < 1.29 is 4.79 Å². The number of benzene rings is 1. The fourth-order valence-electron chi connectivity index (χ4n) is 2.77. The number of nitrogens with zero attached hydrogens (tertiary/aromatic N) is 1. The lowest BCUT2D eigenvalue weighted by Gasteiger charge is -2.35. The molecular weight excluding hydrogens is 260 g/mol. The Kier molecular flexibility index (Phi) is 4.35. The lowest BCUT2D eigenvalue weighted by Crippen LogP contribution is -2.44. The molecule has 0 aromatic heterocycles. The Hall–Kier alpha value is -1.22. The third-order valence-electron chi connectivity index (χ3n) is 3.67. The molecule has 0 spiro atoms. The van der Waals surface area contributed by atoms with Gasteiger partial charge in [0, 0.05) is 23.8 Å². The third-order valence-corrected chi connectivity index (χ3v) is 4.07. The van der Waals surface area contributed by atoms with Crippen LogP contribution in [-0.4, -0.2) is 24.0 Å². The highest BCUT2D eigenvalue weighted by Gasteiger charge is 2.25. The molecule has 1 aliphatic heterocycles. The average Bonchev–Trinajstić information content (AvgIpc) is 2.33. The number of amides is 2. The Labute approximate surface area is 119 Å². The van der Waals surface area contributed by atoms with Gasteiger partial charge in [-0.3, -0.25) is 0 Å². The minimum absolute atomic E-state index is 0.0243. The van der Waals surface area contributed by atoms with E-state index in [2.05, 4.69) is 19.2 Å². The second kappa shape index (κ2) is 5.83. The fourth-order valence-corrected chi connectivity index (χ4v) is 2.94. The molecule has 19 heavy (non-hydrogen) atoms. The molecule has 3 nitrogen and oxygen atoms in total. The van der Waals surface area contributed by atoms with Crippen LogP contribution in [0.4, 0.5) is 10.5 Å². The minimum atomic E-state index is -0.0243. The molecule has 1 aromatic carbocycles. The molecule has 1 N–H and O–H groups in total. The standard InChI is InChI=1S/C15H21ClN2O/c1-10-7-11(2)9-18(8-10)15(19)17-14-6-4-5-13(16)12(14)3/h4-6,10-11H,7-9H2,1-3H3,(H,17,19)/t10-,11-/m0/s1. The first-order chi connectivity index (χ1) is 8.97. The van der Waals surface area contributed by atoms with Crippen molar-refractivity contribution in [1.29, 1.82) is 0 Å². The number of carbonyl (C=O) groups excluding carboxylic acids is 1. The van der Waals surface area contributed by atoms with E-state index in [4.69, 9.17) is 11.6 Å². The number of piperidine rings is 1. The molecule has 1 fully saturated rings. The van der Waals surface area contributed by atoms with Crippen LogP contribution >= 0.6 is 11.6 Å². The van der Waals surface area contributed by atoms with E-state index in [1.165, 1.54) is 6.42 Å². The summed E-state index contributed by atoms with van der Waals surface area (Å²) in [5.74, 6) is 1.13. The number of likely N-dealkylation sites (tertiary alicyclic amines) is 1. The maximum absolute atomic E-state index is 12.3. The molecule has 2 amide bonds. The van der Waals surface area contributed by atoms with E-state index < -0.39 is 0 Å². The van der Waals surface area contributed by atoms with Gasteiger partial charge in [-0.05, 0) is 42.9 Å². The van der Waals surface area contributed by atoms with Gasteiger partial charge in [-0.2, -0.15) is 0 Å². The number of carbonyl (C=O) groups is 1. The number of halogens is 1. The maximum Gasteiger partial charge on any atom is 0.321 e. The zero-order chi connectivity index (χ0) is 14.0. The number of hydrogen-bond acceptors (Lipinski definition) is 1. The van der Waals surface area contributed by atoms with Crippen molar-refractivity contribution in [3.8, 4) is 0 Å². The molecule has 1 aromatic rings. The molecule has 2 atom stereocenters. The van der Waals surface area contributed by atoms with Crippen molar-refractivity contribution >= 4 is 23.3 Å². The van der Waals surface area contributed by atoms with Gasteiger partial charge in [0.1, 0.15) is 0 Å². The summed E-state index contributed by atoms with van der Waals surface area (Å²) >= 11 is 6.06. The zero-order valence-electron chi connectivity index (χ0n) is 11.7. The van der Waals surface area contributed by atoms with E-state index in [9.17, 15) is 4.79 Å². The van der Waals surface area contributed by atoms with Crippen molar-refractivity contribution in [2.75, 3.05) is 18.4 Å². The summed E-state index contributed by atoms with van der Waals surface area (Å²) in [7, 11) is 0. The van der Waals surface area contributed by atoms with Crippen LogP contribution in [0, 0.1) is 18.8 Å². The van der Waals surface area contributed by atoms with Gasteiger partial charge in [0.05, 0.1) is 0 Å². The summed E-state index contributed by atoms with van der Waals surface area (Å²) in [5.41, 5.74) is 1.71. The van der Waals surface area contributed by atoms with Crippen LogP contribution in [0.3, 0.4) is 0 Å². The van der Waals surface area contributed by atoms with Crippen LogP contribution in [0.2, 0.25) is 5.02 Å². The largest absolute Gasteiger partial charge is 0.324 e. The Morgan fingerprint density at radius 3 is 2.58 bits per heavy atom. The second-order valence-electron chi connectivity index (χ2n) is 5.69. The van der Waals surface area contributed by atoms with E-state index >= 15 is 0 Å². The van der Waals surface area contributed by atoms with E-state index in [-0.39, 0.29) is 6.03 Å². The molecule has 0 aliphatic carbocycles. The van der Waals surface area contributed by atoms with Crippen LogP contribution in [0.15, 0.2) is 18.2 Å². The SMILES string of the molecule is Cc1c(Cl)cccc1NC(=O)N1C[C@@H](C)C[C@H](C)C1. The molecule has 2 rings (SSSR count). The van der Waals surface area contributed by atoms with Crippen LogP contribution < -0.4 is 5.32 Å². The Bertz CT molecular complexity index is 465. The summed E-state index contributed by atoms with van der Waals surface area (Å²) in [5, 5.41) is 3.64. The van der Waals surface area contributed by atoms with E-state index in [0.29, 0.717) is 16.9 Å². The zero-order valence-corrected chi connectivity index (χ0v) is 12.5. The molecule has 104 valence electrons. The smallest absolute Gasteiger partial charge is 0.321 e. The highest BCUT2D eigenvalue weighted by atomic mass is 35.5. The van der Waals surface area contributed by atoms with E-state index in [1.54, 1.807) is 0 Å². The number of anilines is 1. The van der Waals surface area contributed by atoms with Gasteiger partial charge in [-0.1, -0.05) is 31.5 Å². The third kappa shape index (κ3) is 3.41. The molecule has 4 heteroatoms. The first-order valence-electron chi connectivity index (χ1n) is 6.78. The van der Waals surface area contributed by atoms with Crippen LogP contribution in [0.5, 0.6) is 0 Å². The molecule has 0 radical (unpaired) electrons. The topological polar surface area (TPSA) is 32.3 Å². The quantitative estimate of drug-likeness (QED) is 0.823. The molecule has 0 unspecified atom stereocenters. The van der Waals surface area contributed by atoms with Crippen molar-refractivity contribution in [1.82, 2.24) is 4.90 Å². The molecule has 0 saturated carbocycles. The van der Waals surface area contributed by atoms with E-state index in [1.807, 2.05) is 30.0 Å². The summed E-state index contributed by atoms with van der Waals surface area (Å²) < 4.78 is 0. The number of urea groups is 1. The minimum Gasteiger partial charge on any atom is -0.324 e. The van der Waals surface area contributed by atoms with Gasteiger partial charge >= 0.3 is 6.03 Å². The maximum atomic E-state index is 12.3. The van der Waals surface area contributed by atoms with Crippen LogP contribution in [0.25, 0.3) is 0 Å². The Morgan fingerprint density at radius 1 is 1.32 bits per heavy atom. The Morgan fingerprint density at radius 2 is 1.95 bits per heavy atom. The first-order valence-corrected chi connectivity index (χ1v) is 7.16. The number of nitrogens with one attached hydrogen (secondary N) is 1. The highest BCUT2D eigenvalue weighted by Crippen LogP contribution is 2.25. The van der Waals surface area contributed by atoms with Crippen molar-refractivity contribution in [2.45, 2.75) is 27.2 Å².